The zero-order valence-electron chi connectivity index (χ0n) is 11.9. The number of hydrogen-bond acceptors (Lipinski definition) is 4. The second-order valence-electron chi connectivity index (χ2n) is 5.26. The van der Waals surface area contributed by atoms with Crippen LogP contribution in [0.5, 0.6) is 11.5 Å². The maximum atomic E-state index is 5.66. The van der Waals surface area contributed by atoms with Crippen LogP contribution in [0.3, 0.4) is 0 Å². The molecule has 20 heavy (non-hydrogen) atoms. The zero-order valence-corrected chi connectivity index (χ0v) is 13.5. The van der Waals surface area contributed by atoms with Crippen LogP contribution in [0.1, 0.15) is 18.1 Å². The summed E-state index contributed by atoms with van der Waals surface area (Å²) in [6.45, 7) is 8.12. The Morgan fingerprint density at radius 3 is 2.75 bits per heavy atom. The lowest BCUT2D eigenvalue weighted by atomic mass is 10.0. The Balaban J connectivity index is 1.76. The molecule has 5 heteroatoms. The van der Waals surface area contributed by atoms with E-state index in [-0.39, 0.29) is 0 Å². The van der Waals surface area contributed by atoms with Crippen LogP contribution >= 0.6 is 15.9 Å². The lowest BCUT2D eigenvalue weighted by molar-refractivity contribution is 0.172. The molecule has 1 fully saturated rings. The van der Waals surface area contributed by atoms with Gasteiger partial charge >= 0.3 is 0 Å². The van der Waals surface area contributed by atoms with Crippen LogP contribution in [-0.2, 0) is 12.8 Å². The SMILES string of the molecule is CCc1c(CCN2CCNCC2)cc(Br)c2c1OCO2. The molecule has 0 aliphatic carbocycles. The molecule has 1 aromatic carbocycles. The summed E-state index contributed by atoms with van der Waals surface area (Å²) in [5, 5.41) is 3.39. The molecule has 2 aliphatic heterocycles. The van der Waals surface area contributed by atoms with Gasteiger partial charge in [-0.3, -0.25) is 0 Å². The Hall–Kier alpha value is -0.780. The maximum Gasteiger partial charge on any atom is 0.231 e. The molecular weight excluding hydrogens is 320 g/mol. The van der Waals surface area contributed by atoms with Crippen LogP contribution in [-0.4, -0.2) is 44.4 Å². The van der Waals surface area contributed by atoms with Crippen molar-refractivity contribution >= 4 is 15.9 Å². The molecule has 1 saturated heterocycles. The van der Waals surface area contributed by atoms with E-state index in [0.29, 0.717) is 6.79 Å². The fraction of sp³-hybridized carbons (Fsp3) is 0.600. The quantitative estimate of drug-likeness (QED) is 0.910. The van der Waals surface area contributed by atoms with E-state index in [1.54, 1.807) is 0 Å². The maximum absolute atomic E-state index is 5.66. The molecule has 0 unspecified atom stereocenters. The first kappa shape index (κ1) is 14.2. The number of piperazine rings is 1. The minimum absolute atomic E-state index is 0.335. The highest BCUT2D eigenvalue weighted by atomic mass is 79.9. The van der Waals surface area contributed by atoms with Crippen molar-refractivity contribution in [2.24, 2.45) is 0 Å². The van der Waals surface area contributed by atoms with Gasteiger partial charge in [0, 0.05) is 38.3 Å². The number of halogens is 1. The standard InChI is InChI=1S/C15H21BrN2O2/c1-2-12-11(3-6-18-7-4-17-5-8-18)9-13(16)15-14(12)19-10-20-15/h9,17H,2-8,10H2,1H3. The van der Waals surface area contributed by atoms with Crippen LogP contribution in [0.4, 0.5) is 0 Å². The third-order valence-corrected chi connectivity index (χ3v) is 4.64. The van der Waals surface area contributed by atoms with E-state index in [0.717, 1.165) is 61.5 Å². The highest BCUT2D eigenvalue weighted by Crippen LogP contribution is 2.43. The molecule has 0 bridgehead atoms. The van der Waals surface area contributed by atoms with Gasteiger partial charge in [0.15, 0.2) is 11.5 Å². The summed E-state index contributed by atoms with van der Waals surface area (Å²) in [4.78, 5) is 2.52. The molecule has 110 valence electrons. The van der Waals surface area contributed by atoms with Gasteiger partial charge in [0.25, 0.3) is 0 Å². The monoisotopic (exact) mass is 340 g/mol. The number of ether oxygens (including phenoxy) is 2. The van der Waals surface area contributed by atoms with Gasteiger partial charge in [-0.25, -0.2) is 0 Å². The predicted octanol–water partition coefficient (Wildman–Crippen LogP) is 2.19. The number of hydrogen-bond donors (Lipinski definition) is 1. The van der Waals surface area contributed by atoms with Gasteiger partial charge in [-0.15, -0.1) is 0 Å². The summed E-state index contributed by atoms with van der Waals surface area (Å²) < 4.78 is 12.2. The summed E-state index contributed by atoms with van der Waals surface area (Å²) in [6.07, 6.45) is 2.05. The Labute approximate surface area is 128 Å². The second kappa shape index (κ2) is 6.33. The summed E-state index contributed by atoms with van der Waals surface area (Å²) >= 11 is 3.60. The highest BCUT2D eigenvalue weighted by molar-refractivity contribution is 9.10. The van der Waals surface area contributed by atoms with Crippen molar-refractivity contribution in [2.75, 3.05) is 39.5 Å². The number of nitrogens with zero attached hydrogens (tertiary/aromatic N) is 1. The van der Waals surface area contributed by atoms with Gasteiger partial charge in [0.2, 0.25) is 6.79 Å². The molecule has 2 aliphatic rings. The van der Waals surface area contributed by atoms with Crippen LogP contribution in [0.2, 0.25) is 0 Å². The number of rotatable bonds is 4. The average Bonchev–Trinajstić information content (AvgIpc) is 2.96. The molecule has 1 aromatic rings. The molecular formula is C15H21BrN2O2. The molecule has 0 saturated carbocycles. The van der Waals surface area contributed by atoms with Crippen molar-refractivity contribution in [3.8, 4) is 11.5 Å². The molecule has 0 radical (unpaired) electrons. The van der Waals surface area contributed by atoms with Crippen molar-refractivity contribution in [1.29, 1.82) is 0 Å². The minimum atomic E-state index is 0.335. The number of nitrogens with one attached hydrogen (secondary N) is 1. The van der Waals surface area contributed by atoms with Crippen molar-refractivity contribution in [1.82, 2.24) is 10.2 Å². The topological polar surface area (TPSA) is 33.7 Å². The van der Waals surface area contributed by atoms with Gasteiger partial charge < -0.3 is 19.7 Å². The number of fused-ring (bicyclic) bond motifs is 1. The molecule has 2 heterocycles. The fourth-order valence-electron chi connectivity index (χ4n) is 2.96. The third kappa shape index (κ3) is 2.80. The molecule has 3 rings (SSSR count). The van der Waals surface area contributed by atoms with Crippen LogP contribution in [0.15, 0.2) is 10.5 Å². The normalized spacial score (nSPS) is 18.5. The van der Waals surface area contributed by atoms with E-state index < -0.39 is 0 Å². The molecule has 4 nitrogen and oxygen atoms in total. The van der Waals surface area contributed by atoms with Crippen LogP contribution in [0, 0.1) is 0 Å². The molecule has 1 N–H and O–H groups in total. The van der Waals surface area contributed by atoms with Crippen LogP contribution in [0.25, 0.3) is 0 Å². The van der Waals surface area contributed by atoms with Gasteiger partial charge in [0.1, 0.15) is 0 Å². The molecule has 0 aromatic heterocycles. The van der Waals surface area contributed by atoms with E-state index in [1.807, 2.05) is 0 Å². The Kier molecular flexibility index (Phi) is 4.48. The van der Waals surface area contributed by atoms with E-state index in [2.05, 4.69) is 39.1 Å². The lowest BCUT2D eigenvalue weighted by Crippen LogP contribution is -2.44. The minimum Gasteiger partial charge on any atom is -0.453 e. The first-order valence-electron chi connectivity index (χ1n) is 7.32. The summed E-state index contributed by atoms with van der Waals surface area (Å²) in [5.74, 6) is 1.81. The summed E-state index contributed by atoms with van der Waals surface area (Å²) in [6, 6.07) is 2.20. The summed E-state index contributed by atoms with van der Waals surface area (Å²) in [5.41, 5.74) is 2.68. The van der Waals surface area contributed by atoms with Crippen LogP contribution < -0.4 is 14.8 Å². The predicted molar refractivity (Wildman–Crippen MR) is 82.7 cm³/mol. The van der Waals surface area contributed by atoms with Crippen molar-refractivity contribution in [2.45, 2.75) is 19.8 Å². The van der Waals surface area contributed by atoms with E-state index in [4.69, 9.17) is 9.47 Å². The average molecular weight is 341 g/mol. The number of benzene rings is 1. The van der Waals surface area contributed by atoms with Gasteiger partial charge in [-0.1, -0.05) is 6.92 Å². The van der Waals surface area contributed by atoms with Crippen molar-refractivity contribution < 1.29 is 9.47 Å². The first-order chi connectivity index (χ1) is 9.79. The second-order valence-corrected chi connectivity index (χ2v) is 6.11. The fourth-order valence-corrected chi connectivity index (χ4v) is 3.53. The smallest absolute Gasteiger partial charge is 0.231 e. The summed E-state index contributed by atoms with van der Waals surface area (Å²) in [7, 11) is 0. The Bertz CT molecular complexity index is 487. The molecule has 0 amide bonds. The van der Waals surface area contributed by atoms with Crippen molar-refractivity contribution in [3.05, 3.63) is 21.7 Å². The third-order valence-electron chi connectivity index (χ3n) is 4.05. The van der Waals surface area contributed by atoms with E-state index >= 15 is 0 Å². The highest BCUT2D eigenvalue weighted by Gasteiger charge is 2.23. The largest absolute Gasteiger partial charge is 0.453 e. The molecule has 0 atom stereocenters. The van der Waals surface area contributed by atoms with Crippen molar-refractivity contribution in [3.63, 3.8) is 0 Å². The van der Waals surface area contributed by atoms with Gasteiger partial charge in [-0.05, 0) is 40.4 Å². The zero-order chi connectivity index (χ0) is 13.9. The van der Waals surface area contributed by atoms with Gasteiger partial charge in [-0.2, -0.15) is 0 Å². The van der Waals surface area contributed by atoms with E-state index in [9.17, 15) is 0 Å². The Morgan fingerprint density at radius 2 is 2.00 bits per heavy atom. The first-order valence-corrected chi connectivity index (χ1v) is 8.11. The lowest BCUT2D eigenvalue weighted by Gasteiger charge is -2.27. The molecule has 0 spiro atoms. The Morgan fingerprint density at radius 1 is 1.25 bits per heavy atom. The van der Waals surface area contributed by atoms with Gasteiger partial charge in [0.05, 0.1) is 4.47 Å². The van der Waals surface area contributed by atoms with E-state index in [1.165, 1.54) is 11.1 Å².